The fraction of sp³-hybridized carbons (Fsp3) is 0.889. The summed E-state index contributed by atoms with van der Waals surface area (Å²) < 4.78 is 5.23. The lowest BCUT2D eigenvalue weighted by Crippen LogP contribution is -2.53. The third-order valence-corrected chi connectivity index (χ3v) is 5.95. The van der Waals surface area contributed by atoms with Crippen LogP contribution < -0.4 is 10.6 Å². The summed E-state index contributed by atoms with van der Waals surface area (Å²) in [5.74, 6) is 1.18. The SMILES string of the molecule is CN=C(NCC1CCCN1CCOC)N1CCCC2(CNC(=O)C2)C1. The van der Waals surface area contributed by atoms with Crippen molar-refractivity contribution in [1.82, 2.24) is 20.4 Å². The summed E-state index contributed by atoms with van der Waals surface area (Å²) in [6.07, 6.45) is 5.41. The molecule has 3 heterocycles. The zero-order valence-electron chi connectivity index (χ0n) is 15.7. The number of nitrogens with one attached hydrogen (secondary N) is 2. The number of hydrogen-bond acceptors (Lipinski definition) is 4. The number of methoxy groups -OCH3 is 1. The summed E-state index contributed by atoms with van der Waals surface area (Å²) in [5.41, 5.74) is 0.102. The Balaban J connectivity index is 1.53. The van der Waals surface area contributed by atoms with Crippen molar-refractivity contribution >= 4 is 11.9 Å². The molecule has 3 fully saturated rings. The molecule has 0 aromatic rings. The Kier molecular flexibility index (Phi) is 6.17. The first-order valence-corrected chi connectivity index (χ1v) is 9.61. The van der Waals surface area contributed by atoms with Crippen molar-refractivity contribution in [2.75, 3.05) is 60.0 Å². The molecule has 0 aromatic carbocycles. The second-order valence-electron chi connectivity index (χ2n) is 7.73. The molecule has 3 saturated heterocycles. The Morgan fingerprint density at radius 2 is 2.32 bits per heavy atom. The molecule has 1 spiro atoms. The first-order chi connectivity index (χ1) is 12.2. The van der Waals surface area contributed by atoms with Crippen LogP contribution in [0.2, 0.25) is 0 Å². The monoisotopic (exact) mass is 351 g/mol. The third kappa shape index (κ3) is 4.44. The highest BCUT2D eigenvalue weighted by Gasteiger charge is 2.42. The summed E-state index contributed by atoms with van der Waals surface area (Å²) in [4.78, 5) is 21.1. The van der Waals surface area contributed by atoms with Crippen LogP contribution in [-0.2, 0) is 9.53 Å². The molecule has 2 unspecified atom stereocenters. The van der Waals surface area contributed by atoms with E-state index in [0.29, 0.717) is 12.5 Å². The number of hydrogen-bond donors (Lipinski definition) is 2. The van der Waals surface area contributed by atoms with Gasteiger partial charge < -0.3 is 20.3 Å². The van der Waals surface area contributed by atoms with Gasteiger partial charge in [0.2, 0.25) is 5.91 Å². The standard InChI is InChI=1S/C18H33N5O2/c1-19-17(20-12-15-5-3-7-22(15)9-10-25-2)23-8-4-6-18(14-23)11-16(24)21-13-18/h15H,3-14H2,1-2H3,(H,19,20)(H,21,24). The van der Waals surface area contributed by atoms with Crippen LogP contribution in [0.4, 0.5) is 0 Å². The minimum atomic E-state index is 0.102. The molecular formula is C18H33N5O2. The van der Waals surface area contributed by atoms with Gasteiger partial charge in [0.25, 0.3) is 0 Å². The summed E-state index contributed by atoms with van der Waals surface area (Å²) >= 11 is 0. The Morgan fingerprint density at radius 1 is 1.44 bits per heavy atom. The molecule has 142 valence electrons. The fourth-order valence-corrected chi connectivity index (χ4v) is 4.60. The first-order valence-electron chi connectivity index (χ1n) is 9.61. The van der Waals surface area contributed by atoms with Crippen LogP contribution in [-0.4, -0.2) is 87.7 Å². The highest BCUT2D eigenvalue weighted by atomic mass is 16.5. The second kappa shape index (κ2) is 8.36. The van der Waals surface area contributed by atoms with Gasteiger partial charge in [-0.15, -0.1) is 0 Å². The number of nitrogens with zero attached hydrogens (tertiary/aromatic N) is 3. The van der Waals surface area contributed by atoms with E-state index in [4.69, 9.17) is 4.74 Å². The van der Waals surface area contributed by atoms with Crippen LogP contribution in [0.1, 0.15) is 32.1 Å². The van der Waals surface area contributed by atoms with E-state index >= 15 is 0 Å². The van der Waals surface area contributed by atoms with Crippen LogP contribution in [0.25, 0.3) is 0 Å². The maximum atomic E-state index is 11.7. The summed E-state index contributed by atoms with van der Waals surface area (Å²) in [6.45, 7) is 6.64. The van der Waals surface area contributed by atoms with Gasteiger partial charge in [0.05, 0.1) is 6.61 Å². The molecule has 3 rings (SSSR count). The molecular weight excluding hydrogens is 318 g/mol. The lowest BCUT2D eigenvalue weighted by Gasteiger charge is -2.41. The van der Waals surface area contributed by atoms with Crippen LogP contribution in [0.3, 0.4) is 0 Å². The quantitative estimate of drug-likeness (QED) is 0.550. The van der Waals surface area contributed by atoms with Crippen LogP contribution in [0.5, 0.6) is 0 Å². The van der Waals surface area contributed by atoms with Gasteiger partial charge in [-0.25, -0.2) is 0 Å². The molecule has 0 bridgehead atoms. The molecule has 7 heteroatoms. The number of carbonyl (C=O) groups is 1. The number of aliphatic imine (C=N–C) groups is 1. The number of amides is 1. The predicted molar refractivity (Wildman–Crippen MR) is 98.7 cm³/mol. The molecule has 25 heavy (non-hydrogen) atoms. The van der Waals surface area contributed by atoms with Gasteiger partial charge in [-0.05, 0) is 32.2 Å². The molecule has 1 amide bonds. The van der Waals surface area contributed by atoms with Crippen LogP contribution in [0, 0.1) is 5.41 Å². The Bertz CT molecular complexity index is 498. The number of piperidine rings is 1. The number of guanidine groups is 1. The molecule has 2 N–H and O–H groups in total. The third-order valence-electron chi connectivity index (χ3n) is 5.95. The van der Waals surface area contributed by atoms with Crippen molar-refractivity contribution < 1.29 is 9.53 Å². The Labute approximate surface area is 151 Å². The lowest BCUT2D eigenvalue weighted by atomic mass is 9.79. The lowest BCUT2D eigenvalue weighted by molar-refractivity contribution is -0.119. The fourth-order valence-electron chi connectivity index (χ4n) is 4.60. The van der Waals surface area contributed by atoms with E-state index < -0.39 is 0 Å². The summed E-state index contributed by atoms with van der Waals surface area (Å²) in [5, 5.41) is 6.61. The number of rotatable bonds is 5. The molecule has 2 atom stereocenters. The van der Waals surface area contributed by atoms with Crippen molar-refractivity contribution in [3.63, 3.8) is 0 Å². The van der Waals surface area contributed by atoms with Crippen molar-refractivity contribution in [2.24, 2.45) is 10.4 Å². The number of carbonyl (C=O) groups excluding carboxylic acids is 1. The van der Waals surface area contributed by atoms with E-state index in [0.717, 1.165) is 64.7 Å². The smallest absolute Gasteiger partial charge is 0.220 e. The average molecular weight is 351 g/mol. The maximum Gasteiger partial charge on any atom is 0.220 e. The van der Waals surface area contributed by atoms with Gasteiger partial charge in [0.15, 0.2) is 5.96 Å². The zero-order valence-corrected chi connectivity index (χ0v) is 15.7. The van der Waals surface area contributed by atoms with Crippen LogP contribution in [0.15, 0.2) is 4.99 Å². The molecule has 3 aliphatic heterocycles. The van der Waals surface area contributed by atoms with Crippen molar-refractivity contribution in [2.45, 2.75) is 38.1 Å². The van der Waals surface area contributed by atoms with Crippen molar-refractivity contribution in [1.29, 1.82) is 0 Å². The van der Waals surface area contributed by atoms with Gasteiger partial charge in [0, 0.05) is 64.8 Å². The molecule has 0 radical (unpaired) electrons. The number of likely N-dealkylation sites (tertiary alicyclic amines) is 2. The largest absolute Gasteiger partial charge is 0.383 e. The number of ether oxygens (including phenoxy) is 1. The van der Waals surface area contributed by atoms with E-state index in [1.807, 2.05) is 7.05 Å². The molecule has 3 aliphatic rings. The van der Waals surface area contributed by atoms with E-state index in [-0.39, 0.29) is 11.3 Å². The van der Waals surface area contributed by atoms with Gasteiger partial charge in [0.1, 0.15) is 0 Å². The molecule has 0 aromatic heterocycles. The van der Waals surface area contributed by atoms with E-state index in [1.165, 1.54) is 12.8 Å². The molecule has 0 saturated carbocycles. The van der Waals surface area contributed by atoms with Crippen molar-refractivity contribution in [3.8, 4) is 0 Å². The van der Waals surface area contributed by atoms with Gasteiger partial charge >= 0.3 is 0 Å². The minimum Gasteiger partial charge on any atom is -0.383 e. The first kappa shape index (κ1) is 18.5. The highest BCUT2D eigenvalue weighted by molar-refractivity contribution is 5.81. The Morgan fingerprint density at radius 3 is 3.04 bits per heavy atom. The van der Waals surface area contributed by atoms with E-state index in [1.54, 1.807) is 7.11 Å². The predicted octanol–water partition coefficient (Wildman–Crippen LogP) is 0.275. The summed E-state index contributed by atoms with van der Waals surface area (Å²) in [6, 6.07) is 0.556. The van der Waals surface area contributed by atoms with Gasteiger partial charge in [-0.1, -0.05) is 0 Å². The maximum absolute atomic E-state index is 11.7. The Hall–Kier alpha value is -1.34. The van der Waals surface area contributed by atoms with E-state index in [9.17, 15) is 4.79 Å². The van der Waals surface area contributed by atoms with Crippen LogP contribution >= 0.6 is 0 Å². The highest BCUT2D eigenvalue weighted by Crippen LogP contribution is 2.36. The zero-order chi connectivity index (χ0) is 17.7. The minimum absolute atomic E-state index is 0.102. The van der Waals surface area contributed by atoms with Crippen molar-refractivity contribution in [3.05, 3.63) is 0 Å². The topological polar surface area (TPSA) is 69.2 Å². The average Bonchev–Trinajstić information content (AvgIpc) is 3.20. The van der Waals surface area contributed by atoms with E-state index in [2.05, 4.69) is 25.4 Å². The normalized spacial score (nSPS) is 31.0. The molecule has 0 aliphatic carbocycles. The molecule has 7 nitrogen and oxygen atoms in total. The van der Waals surface area contributed by atoms with Gasteiger partial charge in [-0.3, -0.25) is 14.7 Å². The second-order valence-corrected chi connectivity index (χ2v) is 7.73. The summed E-state index contributed by atoms with van der Waals surface area (Å²) in [7, 11) is 3.62. The van der Waals surface area contributed by atoms with Gasteiger partial charge in [-0.2, -0.15) is 0 Å².